The summed E-state index contributed by atoms with van der Waals surface area (Å²) >= 11 is 0. The van der Waals surface area contributed by atoms with Crippen molar-refractivity contribution in [2.75, 3.05) is 27.2 Å². The molecule has 0 radical (unpaired) electrons. The minimum atomic E-state index is -0.402. The Morgan fingerprint density at radius 1 is 1.39 bits per heavy atom. The summed E-state index contributed by atoms with van der Waals surface area (Å²) in [4.78, 5) is 13.7. The van der Waals surface area contributed by atoms with Gasteiger partial charge >= 0.3 is 6.03 Å². The number of amides is 2. The van der Waals surface area contributed by atoms with Gasteiger partial charge in [-0.15, -0.1) is 0 Å². The molecule has 1 aromatic rings. The highest BCUT2D eigenvalue weighted by atomic mass is 16.5. The molecule has 1 aliphatic rings. The number of rotatable bonds is 7. The highest BCUT2D eigenvalue weighted by Crippen LogP contribution is 2.32. The number of ether oxygens (including phenoxy) is 1. The molecular formula is C18H28N2O3. The lowest BCUT2D eigenvalue weighted by molar-refractivity contribution is 0.113. The van der Waals surface area contributed by atoms with Crippen molar-refractivity contribution in [1.82, 2.24) is 10.2 Å². The number of hydrogen-bond donors (Lipinski definition) is 2. The number of methoxy groups -OCH3 is 1. The van der Waals surface area contributed by atoms with Crippen molar-refractivity contribution >= 4 is 6.03 Å². The third-order valence-corrected chi connectivity index (χ3v) is 4.53. The largest absolute Gasteiger partial charge is 0.497 e. The number of benzene rings is 1. The van der Waals surface area contributed by atoms with Gasteiger partial charge in [0.2, 0.25) is 0 Å². The van der Waals surface area contributed by atoms with Gasteiger partial charge < -0.3 is 20.1 Å². The number of likely N-dealkylation sites (N-methyl/N-ethyl adjacent to an activating group) is 1. The standard InChI is InChI=1S/C18H28N2O3/c1-18(2,14-7-9-15(23-4)10-8-14)12-19-17(22)20(3)11-16(21)13-5-6-13/h7-10,13,16,21H,5-6,11-12H2,1-4H3,(H,19,22). The maximum absolute atomic E-state index is 12.2. The molecule has 1 atom stereocenters. The normalized spacial score (nSPS) is 15.9. The van der Waals surface area contributed by atoms with E-state index in [1.54, 1.807) is 19.1 Å². The fourth-order valence-corrected chi connectivity index (χ4v) is 2.57. The molecular weight excluding hydrogens is 292 g/mol. The van der Waals surface area contributed by atoms with E-state index in [1.807, 2.05) is 24.3 Å². The van der Waals surface area contributed by atoms with E-state index in [0.29, 0.717) is 19.0 Å². The number of nitrogens with one attached hydrogen (secondary N) is 1. The van der Waals surface area contributed by atoms with E-state index in [0.717, 1.165) is 24.2 Å². The average Bonchev–Trinajstić information content (AvgIpc) is 3.37. The molecule has 1 saturated carbocycles. The lowest BCUT2D eigenvalue weighted by Gasteiger charge is -2.28. The molecule has 1 fully saturated rings. The van der Waals surface area contributed by atoms with Crippen LogP contribution in [0.3, 0.4) is 0 Å². The summed E-state index contributed by atoms with van der Waals surface area (Å²) in [6.45, 7) is 5.10. The van der Waals surface area contributed by atoms with Gasteiger partial charge in [0.25, 0.3) is 0 Å². The smallest absolute Gasteiger partial charge is 0.317 e. The first-order valence-corrected chi connectivity index (χ1v) is 8.15. The second-order valence-electron chi connectivity index (χ2n) is 7.06. The maximum atomic E-state index is 12.2. The molecule has 2 N–H and O–H groups in total. The fourth-order valence-electron chi connectivity index (χ4n) is 2.57. The molecule has 0 aliphatic heterocycles. The molecule has 0 heterocycles. The summed E-state index contributed by atoms with van der Waals surface area (Å²) in [6, 6.07) is 7.75. The topological polar surface area (TPSA) is 61.8 Å². The summed E-state index contributed by atoms with van der Waals surface area (Å²) in [7, 11) is 3.37. The van der Waals surface area contributed by atoms with Gasteiger partial charge in [0.15, 0.2) is 0 Å². The van der Waals surface area contributed by atoms with E-state index in [4.69, 9.17) is 4.74 Å². The number of urea groups is 1. The second-order valence-corrected chi connectivity index (χ2v) is 7.06. The lowest BCUT2D eigenvalue weighted by Crippen LogP contribution is -2.45. The first-order chi connectivity index (χ1) is 10.8. The van der Waals surface area contributed by atoms with Crippen LogP contribution in [0.4, 0.5) is 4.79 Å². The highest BCUT2D eigenvalue weighted by Gasteiger charge is 2.31. The van der Waals surface area contributed by atoms with Crippen molar-refractivity contribution < 1.29 is 14.6 Å². The van der Waals surface area contributed by atoms with Gasteiger partial charge in [0.1, 0.15) is 5.75 Å². The maximum Gasteiger partial charge on any atom is 0.317 e. The Kier molecular flexibility index (Phi) is 5.52. The molecule has 128 valence electrons. The Hall–Kier alpha value is -1.75. The number of hydrogen-bond acceptors (Lipinski definition) is 3. The van der Waals surface area contributed by atoms with E-state index in [-0.39, 0.29) is 11.4 Å². The predicted octanol–water partition coefficient (Wildman–Crippen LogP) is 2.39. The summed E-state index contributed by atoms with van der Waals surface area (Å²) in [5.41, 5.74) is 0.956. The molecule has 0 aromatic heterocycles. The molecule has 1 aromatic carbocycles. The van der Waals surface area contributed by atoms with Crippen LogP contribution in [0.1, 0.15) is 32.3 Å². The van der Waals surface area contributed by atoms with Gasteiger partial charge in [0, 0.05) is 25.6 Å². The van der Waals surface area contributed by atoms with Crippen LogP contribution in [0.2, 0.25) is 0 Å². The summed E-state index contributed by atoms with van der Waals surface area (Å²) in [5, 5.41) is 12.9. The Labute approximate surface area is 138 Å². The van der Waals surface area contributed by atoms with Crippen LogP contribution >= 0.6 is 0 Å². The number of carbonyl (C=O) groups is 1. The van der Waals surface area contributed by atoms with Crippen LogP contribution in [0.25, 0.3) is 0 Å². The van der Waals surface area contributed by atoms with Gasteiger partial charge in [-0.25, -0.2) is 4.79 Å². The molecule has 5 heteroatoms. The molecule has 0 spiro atoms. The van der Waals surface area contributed by atoms with E-state index < -0.39 is 6.10 Å². The molecule has 0 bridgehead atoms. The Morgan fingerprint density at radius 3 is 2.52 bits per heavy atom. The number of aliphatic hydroxyl groups excluding tert-OH is 1. The molecule has 1 aliphatic carbocycles. The minimum Gasteiger partial charge on any atom is -0.497 e. The number of nitrogens with zero attached hydrogens (tertiary/aromatic N) is 1. The Balaban J connectivity index is 1.85. The monoisotopic (exact) mass is 320 g/mol. The second kappa shape index (κ2) is 7.21. The van der Waals surface area contributed by atoms with Gasteiger partial charge in [-0.05, 0) is 36.5 Å². The summed E-state index contributed by atoms with van der Waals surface area (Å²) in [6.07, 6.45) is 1.74. The van der Waals surface area contributed by atoms with Crippen molar-refractivity contribution in [3.8, 4) is 5.75 Å². The molecule has 0 saturated heterocycles. The number of aliphatic hydroxyl groups is 1. The van der Waals surface area contributed by atoms with Gasteiger partial charge in [-0.1, -0.05) is 26.0 Å². The molecule has 2 amide bonds. The van der Waals surface area contributed by atoms with Crippen LogP contribution in [0.15, 0.2) is 24.3 Å². The lowest BCUT2D eigenvalue weighted by atomic mass is 9.84. The quantitative estimate of drug-likeness (QED) is 0.811. The first kappa shape index (κ1) is 17.6. The van der Waals surface area contributed by atoms with E-state index >= 15 is 0 Å². The van der Waals surface area contributed by atoms with Gasteiger partial charge in [-0.2, -0.15) is 0 Å². The van der Waals surface area contributed by atoms with Crippen molar-refractivity contribution in [3.63, 3.8) is 0 Å². The zero-order valence-electron chi connectivity index (χ0n) is 14.5. The predicted molar refractivity (Wildman–Crippen MR) is 90.8 cm³/mol. The molecule has 23 heavy (non-hydrogen) atoms. The summed E-state index contributed by atoms with van der Waals surface area (Å²) < 4.78 is 5.17. The van der Waals surface area contributed by atoms with E-state index in [2.05, 4.69) is 19.2 Å². The van der Waals surface area contributed by atoms with Crippen LogP contribution in [0, 0.1) is 5.92 Å². The van der Waals surface area contributed by atoms with Gasteiger partial charge in [0.05, 0.1) is 13.2 Å². The van der Waals surface area contributed by atoms with Crippen molar-refractivity contribution in [2.24, 2.45) is 5.92 Å². The Morgan fingerprint density at radius 2 is 2.00 bits per heavy atom. The molecule has 1 unspecified atom stereocenters. The van der Waals surface area contributed by atoms with Crippen molar-refractivity contribution in [2.45, 2.75) is 38.2 Å². The first-order valence-electron chi connectivity index (χ1n) is 8.15. The Bertz CT molecular complexity index is 524. The van der Waals surface area contributed by atoms with Crippen molar-refractivity contribution in [3.05, 3.63) is 29.8 Å². The van der Waals surface area contributed by atoms with Crippen LogP contribution in [-0.2, 0) is 5.41 Å². The van der Waals surface area contributed by atoms with E-state index in [1.165, 1.54) is 0 Å². The van der Waals surface area contributed by atoms with Crippen LogP contribution in [-0.4, -0.2) is 49.4 Å². The number of carbonyl (C=O) groups excluding carboxylic acids is 1. The third kappa shape index (κ3) is 4.86. The minimum absolute atomic E-state index is 0.147. The third-order valence-electron chi connectivity index (χ3n) is 4.53. The highest BCUT2D eigenvalue weighted by molar-refractivity contribution is 5.74. The van der Waals surface area contributed by atoms with Crippen molar-refractivity contribution in [1.29, 1.82) is 0 Å². The molecule has 2 rings (SSSR count). The molecule has 5 nitrogen and oxygen atoms in total. The van der Waals surface area contributed by atoms with Gasteiger partial charge in [-0.3, -0.25) is 0 Å². The van der Waals surface area contributed by atoms with E-state index in [9.17, 15) is 9.90 Å². The SMILES string of the molecule is COc1ccc(C(C)(C)CNC(=O)N(C)CC(O)C2CC2)cc1. The summed E-state index contributed by atoms with van der Waals surface area (Å²) in [5.74, 6) is 1.20. The average molecular weight is 320 g/mol. The van der Waals surface area contributed by atoms with Crippen LogP contribution < -0.4 is 10.1 Å². The fraction of sp³-hybridized carbons (Fsp3) is 0.611. The zero-order chi connectivity index (χ0) is 17.0. The zero-order valence-corrected chi connectivity index (χ0v) is 14.5. The van der Waals surface area contributed by atoms with Crippen LogP contribution in [0.5, 0.6) is 5.75 Å².